The molecule has 0 aliphatic carbocycles. The van der Waals surface area contributed by atoms with Crippen LogP contribution < -0.4 is 17.1 Å². The minimum absolute atomic E-state index is 0.0910. The van der Waals surface area contributed by atoms with E-state index < -0.39 is 35.0 Å². The van der Waals surface area contributed by atoms with E-state index >= 15 is 0 Å². The largest absolute Gasteiger partial charge is 0.507 e. The van der Waals surface area contributed by atoms with Crippen LogP contribution in [0.3, 0.4) is 0 Å². The molecule has 432 valence electrons. The number of aryl methyl sites for hydroxylation is 6. The van der Waals surface area contributed by atoms with E-state index in [0.29, 0.717) is 53.8 Å². The number of phenols is 3. The maximum absolute atomic E-state index is 13.7. The highest BCUT2D eigenvalue weighted by molar-refractivity contribution is 7.99. The number of carbonyl (C=O) groups excluding carboxylic acids is 3. The standard InChI is InChI=1S/C60H87N3O12S3/c1-40-34-43(52(67)46(37-40)58(4,5)6)16-13-28-76-31-19-49(64)73-25-22-61-55(70)62(23-26-74-50(65)20-32-77-29-14-17-44-35-41(2)38-47(53(44)68)59(7,8)9)57(72)63(56(61)71)24-27-75-51(66)21-33-78-30-15-18-45-36-42(3)39-48(54(45)69)60(10,11)12/h34-39,67-69H,13-33H2,1-12H3. The molecule has 0 atom stereocenters. The normalized spacial score (nSPS) is 12.0. The molecule has 0 saturated carbocycles. The van der Waals surface area contributed by atoms with E-state index in [1.807, 2.05) is 57.2 Å². The Morgan fingerprint density at radius 2 is 0.667 bits per heavy atom. The number of esters is 3. The van der Waals surface area contributed by atoms with Gasteiger partial charge in [-0.15, -0.1) is 0 Å². The van der Waals surface area contributed by atoms with Gasteiger partial charge >= 0.3 is 35.0 Å². The molecule has 3 aromatic carbocycles. The van der Waals surface area contributed by atoms with Crippen molar-refractivity contribution in [1.29, 1.82) is 0 Å². The lowest BCUT2D eigenvalue weighted by atomic mass is 9.83. The Kier molecular flexibility index (Phi) is 25.6. The lowest BCUT2D eigenvalue weighted by molar-refractivity contribution is -0.144. The van der Waals surface area contributed by atoms with Crippen LogP contribution in [-0.4, -0.2) is 101 Å². The van der Waals surface area contributed by atoms with Crippen molar-refractivity contribution in [1.82, 2.24) is 13.7 Å². The summed E-state index contributed by atoms with van der Waals surface area (Å²) in [4.78, 5) is 79.4. The minimum atomic E-state index is -0.968. The van der Waals surface area contributed by atoms with Crippen LogP contribution in [0.4, 0.5) is 0 Å². The Bertz CT molecular complexity index is 2520. The molecule has 3 N–H and O–H groups in total. The van der Waals surface area contributed by atoms with E-state index in [1.165, 1.54) is 0 Å². The first-order chi connectivity index (χ1) is 36.6. The summed E-state index contributed by atoms with van der Waals surface area (Å²) < 4.78 is 18.6. The van der Waals surface area contributed by atoms with Crippen molar-refractivity contribution in [3.05, 3.63) is 118 Å². The van der Waals surface area contributed by atoms with Crippen LogP contribution in [0.15, 0.2) is 50.8 Å². The molecule has 18 heteroatoms. The third kappa shape index (κ3) is 20.5. The fourth-order valence-electron chi connectivity index (χ4n) is 8.94. The van der Waals surface area contributed by atoms with Crippen LogP contribution >= 0.6 is 35.3 Å². The summed E-state index contributed by atoms with van der Waals surface area (Å²) in [6.07, 6.45) is 4.74. The molecule has 0 saturated heterocycles. The Balaban J connectivity index is 1.29. The van der Waals surface area contributed by atoms with Crippen LogP contribution in [0.2, 0.25) is 0 Å². The van der Waals surface area contributed by atoms with E-state index in [9.17, 15) is 44.1 Å². The van der Waals surface area contributed by atoms with Gasteiger partial charge in [-0.25, -0.2) is 28.1 Å². The zero-order valence-corrected chi connectivity index (χ0v) is 50.8. The highest BCUT2D eigenvalue weighted by Crippen LogP contribution is 2.37. The molecule has 0 fully saturated rings. The Labute approximate surface area is 474 Å². The molecule has 4 rings (SSSR count). The number of carbonyl (C=O) groups is 3. The number of aromatic nitrogens is 3. The van der Waals surface area contributed by atoms with Crippen LogP contribution in [0.25, 0.3) is 0 Å². The molecular formula is C60H87N3O12S3. The predicted molar refractivity (Wildman–Crippen MR) is 318 cm³/mol. The van der Waals surface area contributed by atoms with Gasteiger partial charge in [0, 0.05) is 17.3 Å². The molecule has 15 nitrogen and oxygen atoms in total. The quantitative estimate of drug-likeness (QED) is 0.0252. The summed E-state index contributed by atoms with van der Waals surface area (Å²) in [5.41, 5.74) is 5.22. The van der Waals surface area contributed by atoms with Crippen molar-refractivity contribution in [3.63, 3.8) is 0 Å². The first-order valence-electron chi connectivity index (χ1n) is 27.2. The van der Waals surface area contributed by atoms with E-state index in [0.717, 1.165) is 100 Å². The summed E-state index contributed by atoms with van der Waals surface area (Å²) in [5.74, 6) is 3.13. The fraction of sp³-hybridized carbons (Fsp3) is 0.600. The number of nitrogens with zero attached hydrogens (tertiary/aromatic N) is 3. The number of thioether (sulfide) groups is 3. The zero-order chi connectivity index (χ0) is 58.0. The van der Waals surface area contributed by atoms with Gasteiger partial charge in [-0.3, -0.25) is 14.4 Å². The first kappa shape index (κ1) is 65.4. The molecule has 1 aromatic heterocycles. The van der Waals surface area contributed by atoms with Crippen molar-refractivity contribution >= 4 is 53.2 Å². The van der Waals surface area contributed by atoms with Gasteiger partial charge in [-0.05, 0) is 126 Å². The lowest BCUT2D eigenvalue weighted by Gasteiger charge is -2.23. The monoisotopic (exact) mass is 1140 g/mol. The number of hydrogen-bond donors (Lipinski definition) is 3. The first-order valence-corrected chi connectivity index (χ1v) is 30.7. The Hall–Kier alpha value is -5.07. The number of rotatable bonds is 30. The second-order valence-corrected chi connectivity index (χ2v) is 26.7. The summed E-state index contributed by atoms with van der Waals surface area (Å²) in [6, 6.07) is 12.1. The number of phenolic OH excluding ortho intramolecular Hbond substituents is 3. The van der Waals surface area contributed by atoms with Crippen LogP contribution in [-0.2, 0) is 83.7 Å². The predicted octanol–water partition coefficient (Wildman–Crippen LogP) is 10.0. The maximum atomic E-state index is 13.7. The minimum Gasteiger partial charge on any atom is -0.507 e. The number of ether oxygens (including phenoxy) is 3. The lowest BCUT2D eigenvalue weighted by Crippen LogP contribution is -2.55. The molecule has 4 aromatic rings. The van der Waals surface area contributed by atoms with Crippen molar-refractivity contribution in [2.24, 2.45) is 0 Å². The average molecular weight is 1140 g/mol. The third-order valence-corrected chi connectivity index (χ3v) is 16.3. The molecule has 0 amide bonds. The van der Waals surface area contributed by atoms with Crippen molar-refractivity contribution < 1.29 is 43.9 Å². The van der Waals surface area contributed by atoms with Crippen molar-refractivity contribution in [2.75, 3.05) is 54.3 Å². The third-order valence-electron chi connectivity index (χ3n) is 13.1. The molecular weight excluding hydrogens is 1050 g/mol. The molecule has 0 aliphatic heterocycles. The molecule has 0 spiro atoms. The van der Waals surface area contributed by atoms with Gasteiger partial charge in [0.05, 0.1) is 38.9 Å². The number of hydrogen-bond acceptors (Lipinski definition) is 15. The van der Waals surface area contributed by atoms with Gasteiger partial charge in [0.25, 0.3) is 0 Å². The second-order valence-electron chi connectivity index (χ2n) is 23.1. The van der Waals surface area contributed by atoms with Crippen LogP contribution in [0.5, 0.6) is 17.2 Å². The highest BCUT2D eigenvalue weighted by Gasteiger charge is 2.24. The zero-order valence-electron chi connectivity index (χ0n) is 48.4. The molecule has 1 heterocycles. The Morgan fingerprint density at radius 1 is 0.423 bits per heavy atom. The fourth-order valence-corrected chi connectivity index (χ4v) is 11.5. The van der Waals surface area contributed by atoms with Gasteiger partial charge in [-0.1, -0.05) is 115 Å². The Morgan fingerprint density at radius 3 is 0.897 bits per heavy atom. The highest BCUT2D eigenvalue weighted by atomic mass is 32.2. The average Bonchev–Trinajstić information content (AvgIpc) is 3.36. The molecule has 0 aliphatic rings. The van der Waals surface area contributed by atoms with E-state index in [-0.39, 0.29) is 75.0 Å². The number of benzene rings is 3. The van der Waals surface area contributed by atoms with E-state index in [4.69, 9.17) is 14.2 Å². The van der Waals surface area contributed by atoms with E-state index in [2.05, 4.69) is 62.3 Å². The smallest absolute Gasteiger partial charge is 0.336 e. The summed E-state index contributed by atoms with van der Waals surface area (Å²) in [7, 11) is 0. The summed E-state index contributed by atoms with van der Waals surface area (Å²) >= 11 is 4.73. The topological polar surface area (TPSA) is 206 Å². The van der Waals surface area contributed by atoms with Gasteiger partial charge in [0.2, 0.25) is 0 Å². The van der Waals surface area contributed by atoms with Crippen molar-refractivity contribution in [2.45, 2.75) is 177 Å². The molecule has 78 heavy (non-hydrogen) atoms. The molecule has 0 unspecified atom stereocenters. The van der Waals surface area contributed by atoms with Crippen molar-refractivity contribution in [3.8, 4) is 17.2 Å². The van der Waals surface area contributed by atoms with Crippen LogP contribution in [0, 0.1) is 20.8 Å². The van der Waals surface area contributed by atoms with Crippen LogP contribution in [0.1, 0.15) is 151 Å². The van der Waals surface area contributed by atoms with Gasteiger partial charge in [-0.2, -0.15) is 35.3 Å². The summed E-state index contributed by atoms with van der Waals surface area (Å²) in [5, 5.41) is 32.7. The van der Waals surface area contributed by atoms with Gasteiger partial charge < -0.3 is 29.5 Å². The maximum Gasteiger partial charge on any atom is 0.336 e. The van der Waals surface area contributed by atoms with Gasteiger partial charge in [0.15, 0.2) is 0 Å². The van der Waals surface area contributed by atoms with Gasteiger partial charge in [0.1, 0.15) is 37.1 Å². The molecule has 0 bridgehead atoms. The SMILES string of the molecule is Cc1cc(CCCSCCC(=O)OCCn2c(=O)n(CCOC(=O)CCSCCCc3cc(C)cc(C(C)(C)C)c3O)c(=O)n(CCOC(=O)CCSCCCc3cc(C)cc(C(C)(C)C)c3O)c2=O)c(O)c(C(C)(C)C)c1. The molecule has 0 radical (unpaired) electrons. The number of aromatic hydroxyl groups is 3. The van der Waals surface area contributed by atoms with E-state index in [1.54, 1.807) is 35.3 Å². The second kappa shape index (κ2) is 30.5. The summed E-state index contributed by atoms with van der Waals surface area (Å²) in [6.45, 7) is 22.6.